The van der Waals surface area contributed by atoms with E-state index in [1.165, 1.54) is 16.7 Å². The Morgan fingerprint density at radius 1 is 0.941 bits per heavy atom. The van der Waals surface area contributed by atoms with Crippen molar-refractivity contribution in [2.75, 3.05) is 7.11 Å². The fourth-order valence-corrected chi connectivity index (χ4v) is 3.83. The first-order valence-corrected chi connectivity index (χ1v) is 11.2. The van der Waals surface area contributed by atoms with E-state index in [9.17, 15) is 0 Å². The molecule has 2 heterocycles. The number of pyridine rings is 1. The third kappa shape index (κ3) is 5.15. The Balaban J connectivity index is 1.23. The molecule has 1 aliphatic carbocycles. The van der Waals surface area contributed by atoms with E-state index in [4.69, 9.17) is 9.47 Å². The molecule has 2 aromatic carbocycles. The zero-order chi connectivity index (χ0) is 23.2. The van der Waals surface area contributed by atoms with Crippen molar-refractivity contribution in [1.82, 2.24) is 15.2 Å². The van der Waals surface area contributed by atoms with Crippen LogP contribution in [0.15, 0.2) is 73.1 Å². The van der Waals surface area contributed by atoms with Gasteiger partial charge in [-0.15, -0.1) is 0 Å². The van der Waals surface area contributed by atoms with Crippen molar-refractivity contribution in [1.29, 1.82) is 0 Å². The molecule has 1 aliphatic rings. The quantitative estimate of drug-likeness (QED) is 0.344. The summed E-state index contributed by atoms with van der Waals surface area (Å²) in [7, 11) is 1.66. The van der Waals surface area contributed by atoms with Crippen LogP contribution in [0.4, 0.5) is 0 Å². The summed E-state index contributed by atoms with van der Waals surface area (Å²) in [6, 6.07) is 18.2. The highest BCUT2D eigenvalue weighted by atomic mass is 16.5. The van der Waals surface area contributed by atoms with E-state index >= 15 is 0 Å². The zero-order valence-electron chi connectivity index (χ0n) is 18.9. The lowest BCUT2D eigenvalue weighted by atomic mass is 10.1. The van der Waals surface area contributed by atoms with Crippen molar-refractivity contribution >= 4 is 30.4 Å². The molecular formula is C29H25N3O2. The molecular weight excluding hydrogens is 422 g/mol. The van der Waals surface area contributed by atoms with Gasteiger partial charge in [0, 0.05) is 24.0 Å². The first-order chi connectivity index (χ1) is 16.8. The Labute approximate surface area is 199 Å². The van der Waals surface area contributed by atoms with Gasteiger partial charge in [-0.2, -0.15) is 5.10 Å². The van der Waals surface area contributed by atoms with Gasteiger partial charge in [0.1, 0.15) is 18.1 Å². The molecule has 5 rings (SSSR count). The van der Waals surface area contributed by atoms with Gasteiger partial charge < -0.3 is 9.47 Å². The maximum absolute atomic E-state index is 5.88. The Hall–Kier alpha value is -4.38. The molecule has 1 N–H and O–H groups in total. The van der Waals surface area contributed by atoms with Crippen LogP contribution in [0, 0.1) is 0 Å². The number of hydrogen-bond donors (Lipinski definition) is 1. The molecule has 0 spiro atoms. The molecule has 5 nitrogen and oxygen atoms in total. The van der Waals surface area contributed by atoms with Crippen molar-refractivity contribution in [2.24, 2.45) is 0 Å². The second-order valence-electron chi connectivity index (χ2n) is 8.03. The van der Waals surface area contributed by atoms with Crippen molar-refractivity contribution in [3.05, 3.63) is 112 Å². The fraction of sp³-hybridized carbons (Fsp3) is 0.103. The van der Waals surface area contributed by atoms with Gasteiger partial charge in [-0.1, -0.05) is 36.4 Å². The van der Waals surface area contributed by atoms with E-state index < -0.39 is 0 Å². The number of H-pyrrole nitrogens is 1. The lowest BCUT2D eigenvalue weighted by Crippen LogP contribution is -1.96. The van der Waals surface area contributed by atoms with Gasteiger partial charge in [-0.05, 0) is 77.2 Å². The van der Waals surface area contributed by atoms with Crippen LogP contribution in [0.3, 0.4) is 0 Å². The van der Waals surface area contributed by atoms with E-state index in [0.29, 0.717) is 6.61 Å². The average Bonchev–Trinajstić information content (AvgIpc) is 3.55. The number of allylic oxidation sites excluding steroid dienone is 1. The highest BCUT2D eigenvalue weighted by Crippen LogP contribution is 2.27. The van der Waals surface area contributed by atoms with Crippen LogP contribution in [0.1, 0.15) is 39.2 Å². The summed E-state index contributed by atoms with van der Waals surface area (Å²) in [5, 5.41) is 7.47. The summed E-state index contributed by atoms with van der Waals surface area (Å²) < 4.78 is 11.5. The van der Waals surface area contributed by atoms with Gasteiger partial charge in [0.05, 0.1) is 18.5 Å². The lowest BCUT2D eigenvalue weighted by molar-refractivity contribution is 0.303. The molecule has 0 bridgehead atoms. The number of aromatic nitrogens is 3. The summed E-state index contributed by atoms with van der Waals surface area (Å²) in [6.45, 7) is 0.480. The van der Waals surface area contributed by atoms with Crippen LogP contribution in [-0.2, 0) is 13.0 Å². The molecule has 0 saturated carbocycles. The number of benzene rings is 2. The number of nitrogens with zero attached hydrogens (tertiary/aromatic N) is 2. The van der Waals surface area contributed by atoms with Crippen LogP contribution >= 0.6 is 0 Å². The van der Waals surface area contributed by atoms with Gasteiger partial charge >= 0.3 is 0 Å². The number of aromatic amines is 1. The minimum atomic E-state index is 0.480. The Morgan fingerprint density at radius 3 is 2.74 bits per heavy atom. The second kappa shape index (κ2) is 10.0. The number of nitrogens with one attached hydrogen (secondary N) is 1. The fourth-order valence-electron chi connectivity index (χ4n) is 3.83. The maximum atomic E-state index is 5.88. The van der Waals surface area contributed by atoms with Crippen LogP contribution in [-0.4, -0.2) is 22.3 Å². The predicted molar refractivity (Wildman–Crippen MR) is 137 cm³/mol. The Bertz CT molecular complexity index is 1370. The van der Waals surface area contributed by atoms with Crippen molar-refractivity contribution < 1.29 is 9.47 Å². The normalized spacial score (nSPS) is 12.5. The topological polar surface area (TPSA) is 60.0 Å². The predicted octanol–water partition coefficient (Wildman–Crippen LogP) is 6.30. The van der Waals surface area contributed by atoms with Crippen LogP contribution < -0.4 is 9.47 Å². The molecule has 0 radical (unpaired) electrons. The molecule has 34 heavy (non-hydrogen) atoms. The number of ether oxygens (including phenoxy) is 2. The van der Waals surface area contributed by atoms with Gasteiger partial charge in [0.2, 0.25) is 0 Å². The first-order valence-electron chi connectivity index (χ1n) is 11.2. The second-order valence-corrected chi connectivity index (χ2v) is 8.03. The summed E-state index contributed by atoms with van der Waals surface area (Å²) in [5.41, 5.74) is 7.68. The highest BCUT2D eigenvalue weighted by molar-refractivity contribution is 5.75. The molecule has 0 amide bonds. The SMILES string of the molecule is COc1cc(OCc2ccncc2)ccc1/C=C/c1cc(/C=C/c2ccc3c(c2)CC=C3)n[nH]1. The van der Waals surface area contributed by atoms with E-state index in [-0.39, 0.29) is 0 Å². The van der Waals surface area contributed by atoms with Crippen molar-refractivity contribution in [2.45, 2.75) is 13.0 Å². The third-order valence-electron chi connectivity index (χ3n) is 5.67. The zero-order valence-corrected chi connectivity index (χ0v) is 18.9. The molecule has 0 unspecified atom stereocenters. The standard InChI is InChI=1S/C29H25N3O2/c1-33-29-19-28(34-20-22-13-15-30-16-14-22)12-9-24(29)8-11-27-18-26(31-32-27)10-6-21-5-7-23-3-2-4-25(23)17-21/h2-3,5-19H,4,20H2,1H3,(H,31,32)/b10-6+,11-8+. The van der Waals surface area contributed by atoms with Gasteiger partial charge in [0.15, 0.2) is 0 Å². The smallest absolute Gasteiger partial charge is 0.129 e. The van der Waals surface area contributed by atoms with E-state index in [2.05, 4.69) is 51.6 Å². The number of hydrogen-bond acceptors (Lipinski definition) is 4. The van der Waals surface area contributed by atoms with E-state index in [0.717, 1.165) is 40.4 Å². The lowest BCUT2D eigenvalue weighted by Gasteiger charge is -2.10. The Kier molecular flexibility index (Phi) is 6.34. The van der Waals surface area contributed by atoms with Gasteiger partial charge in [-0.25, -0.2) is 0 Å². The molecule has 5 heteroatoms. The maximum Gasteiger partial charge on any atom is 0.129 e. The third-order valence-corrected chi connectivity index (χ3v) is 5.67. The monoisotopic (exact) mass is 447 g/mol. The number of rotatable bonds is 8. The first kappa shape index (κ1) is 21.5. The largest absolute Gasteiger partial charge is 0.496 e. The Morgan fingerprint density at radius 2 is 1.85 bits per heavy atom. The van der Waals surface area contributed by atoms with Gasteiger partial charge in [0.25, 0.3) is 0 Å². The van der Waals surface area contributed by atoms with Crippen molar-refractivity contribution in [3.63, 3.8) is 0 Å². The van der Waals surface area contributed by atoms with Crippen molar-refractivity contribution in [3.8, 4) is 11.5 Å². The van der Waals surface area contributed by atoms with E-state index in [1.54, 1.807) is 19.5 Å². The molecule has 0 atom stereocenters. The summed E-state index contributed by atoms with van der Waals surface area (Å²) in [5.74, 6) is 1.50. The summed E-state index contributed by atoms with van der Waals surface area (Å²) in [4.78, 5) is 4.03. The van der Waals surface area contributed by atoms with Crippen LogP contribution in [0.2, 0.25) is 0 Å². The van der Waals surface area contributed by atoms with Crippen LogP contribution in [0.5, 0.6) is 11.5 Å². The molecule has 0 saturated heterocycles. The molecule has 4 aromatic rings. The van der Waals surface area contributed by atoms with Gasteiger partial charge in [-0.3, -0.25) is 10.1 Å². The van der Waals surface area contributed by atoms with E-state index in [1.807, 2.05) is 54.6 Å². The summed E-state index contributed by atoms with van der Waals surface area (Å²) >= 11 is 0. The molecule has 0 aliphatic heterocycles. The minimum Gasteiger partial charge on any atom is -0.496 e. The number of methoxy groups -OCH3 is 1. The average molecular weight is 448 g/mol. The molecule has 2 aromatic heterocycles. The number of fused-ring (bicyclic) bond motifs is 1. The molecule has 0 fully saturated rings. The van der Waals surface area contributed by atoms with Crippen LogP contribution in [0.25, 0.3) is 30.4 Å². The highest BCUT2D eigenvalue weighted by Gasteiger charge is 2.06. The molecule has 168 valence electrons. The minimum absolute atomic E-state index is 0.480. The summed E-state index contributed by atoms with van der Waals surface area (Å²) in [6.07, 6.45) is 17.0.